The van der Waals surface area contributed by atoms with E-state index in [1.54, 1.807) is 6.07 Å². The Labute approximate surface area is 146 Å². The number of hydrogen-bond donors (Lipinski definition) is 2. The zero-order chi connectivity index (χ0) is 18.0. The maximum atomic E-state index is 13.5. The highest BCUT2D eigenvalue weighted by molar-refractivity contribution is 7.85. The van der Waals surface area contributed by atoms with Crippen molar-refractivity contribution in [3.63, 3.8) is 0 Å². The fourth-order valence-corrected chi connectivity index (χ4v) is 4.20. The van der Waals surface area contributed by atoms with Crippen molar-refractivity contribution >= 4 is 28.5 Å². The summed E-state index contributed by atoms with van der Waals surface area (Å²) in [5, 5.41) is 5.12. The molecule has 134 valence electrons. The van der Waals surface area contributed by atoms with Crippen LogP contribution in [0.15, 0.2) is 29.2 Å². The lowest BCUT2D eigenvalue weighted by molar-refractivity contribution is -0.151. The van der Waals surface area contributed by atoms with E-state index >= 15 is 0 Å². The minimum absolute atomic E-state index is 0.00665. The highest BCUT2D eigenvalue weighted by atomic mass is 32.2. The van der Waals surface area contributed by atoms with Gasteiger partial charge >= 0.3 is 11.8 Å². The Bertz CT molecular complexity index is 742. The maximum Gasteiger partial charge on any atom is 0.312 e. The van der Waals surface area contributed by atoms with Crippen molar-refractivity contribution in [1.29, 1.82) is 0 Å². The quantitative estimate of drug-likeness (QED) is 0.704. The number of rotatable bonds is 4. The summed E-state index contributed by atoms with van der Waals surface area (Å²) in [4.78, 5) is 37.5. The van der Waals surface area contributed by atoms with Gasteiger partial charge in [-0.15, -0.1) is 0 Å². The van der Waals surface area contributed by atoms with Crippen molar-refractivity contribution in [1.82, 2.24) is 15.5 Å². The Balaban J connectivity index is 1.53. The third-order valence-electron chi connectivity index (χ3n) is 4.40. The SMILES string of the molecule is O=C(NCCS(=O)c1ccccc1F)C(=O)N1C2CCC1C(=O)NC2. The average Bonchev–Trinajstić information content (AvgIpc) is 2.94. The monoisotopic (exact) mass is 367 g/mol. The molecule has 25 heavy (non-hydrogen) atoms. The number of nitrogens with zero attached hydrogens (tertiary/aromatic N) is 1. The molecule has 0 spiro atoms. The normalized spacial score (nSPS) is 23.1. The molecule has 3 amide bonds. The number of nitrogens with one attached hydrogen (secondary N) is 2. The number of halogens is 1. The average molecular weight is 367 g/mol. The van der Waals surface area contributed by atoms with Crippen LogP contribution in [-0.2, 0) is 25.2 Å². The molecule has 2 aliphatic heterocycles. The molecular formula is C16H18FN3O4S. The van der Waals surface area contributed by atoms with E-state index < -0.39 is 34.5 Å². The van der Waals surface area contributed by atoms with Crippen molar-refractivity contribution in [2.24, 2.45) is 0 Å². The van der Waals surface area contributed by atoms with E-state index in [-0.39, 0.29) is 29.1 Å². The second-order valence-electron chi connectivity index (χ2n) is 5.94. The van der Waals surface area contributed by atoms with Gasteiger partial charge in [-0.3, -0.25) is 18.6 Å². The third-order valence-corrected chi connectivity index (χ3v) is 5.80. The lowest BCUT2D eigenvalue weighted by atomic mass is 10.2. The summed E-state index contributed by atoms with van der Waals surface area (Å²) in [6, 6.07) is 4.96. The standard InChI is InChI=1S/C16H18FN3O4S/c17-11-3-1-2-4-13(11)25(24)8-7-18-15(22)16(23)20-10-5-6-12(20)14(21)19-9-10/h1-4,10,12H,5-9H2,(H,18,22)(H,19,21). The van der Waals surface area contributed by atoms with E-state index in [2.05, 4.69) is 10.6 Å². The predicted molar refractivity (Wildman–Crippen MR) is 87.4 cm³/mol. The molecule has 0 aliphatic carbocycles. The smallest absolute Gasteiger partial charge is 0.312 e. The molecule has 3 rings (SSSR count). The van der Waals surface area contributed by atoms with Crippen molar-refractivity contribution in [3.05, 3.63) is 30.1 Å². The lowest BCUT2D eigenvalue weighted by Crippen LogP contribution is -2.60. The van der Waals surface area contributed by atoms with Crippen LogP contribution in [0.5, 0.6) is 0 Å². The summed E-state index contributed by atoms with van der Waals surface area (Å²) in [5.41, 5.74) is 0. The Morgan fingerprint density at radius 1 is 1.32 bits per heavy atom. The summed E-state index contributed by atoms with van der Waals surface area (Å²) in [6.07, 6.45) is 1.23. The Hall–Kier alpha value is -2.29. The maximum absolute atomic E-state index is 13.5. The number of carbonyl (C=O) groups is 3. The first-order valence-corrected chi connectivity index (χ1v) is 9.32. The summed E-state index contributed by atoms with van der Waals surface area (Å²) >= 11 is 0. The molecule has 9 heteroatoms. The minimum atomic E-state index is -1.62. The molecule has 2 heterocycles. The van der Waals surface area contributed by atoms with Crippen LogP contribution in [0, 0.1) is 5.82 Å². The first-order valence-electron chi connectivity index (χ1n) is 8.00. The topological polar surface area (TPSA) is 95.6 Å². The van der Waals surface area contributed by atoms with Gasteiger partial charge in [0.2, 0.25) is 5.91 Å². The molecule has 3 unspecified atom stereocenters. The van der Waals surface area contributed by atoms with Gasteiger partial charge in [-0.25, -0.2) is 4.39 Å². The molecule has 3 atom stereocenters. The van der Waals surface area contributed by atoms with E-state index in [1.807, 2.05) is 0 Å². The Kier molecular flexibility index (Phi) is 5.12. The van der Waals surface area contributed by atoms with E-state index in [4.69, 9.17) is 0 Å². The van der Waals surface area contributed by atoms with Gasteiger partial charge in [0, 0.05) is 18.8 Å². The van der Waals surface area contributed by atoms with Crippen molar-refractivity contribution in [3.8, 4) is 0 Å². The number of benzene rings is 1. The molecule has 2 fully saturated rings. The van der Waals surface area contributed by atoms with Gasteiger partial charge in [-0.2, -0.15) is 0 Å². The molecule has 7 nitrogen and oxygen atoms in total. The number of amides is 3. The molecule has 1 aromatic rings. The van der Waals surface area contributed by atoms with Gasteiger partial charge in [-0.05, 0) is 25.0 Å². The number of hydrogen-bond acceptors (Lipinski definition) is 4. The molecule has 2 saturated heterocycles. The molecule has 0 radical (unpaired) electrons. The van der Waals surface area contributed by atoms with E-state index in [1.165, 1.54) is 23.1 Å². The highest BCUT2D eigenvalue weighted by Gasteiger charge is 2.46. The van der Waals surface area contributed by atoms with Gasteiger partial charge in [0.25, 0.3) is 0 Å². The molecule has 2 N–H and O–H groups in total. The molecule has 1 aromatic carbocycles. The van der Waals surface area contributed by atoms with Gasteiger partial charge < -0.3 is 15.5 Å². The summed E-state index contributed by atoms with van der Waals surface area (Å²) < 4.78 is 25.6. The highest BCUT2D eigenvalue weighted by Crippen LogP contribution is 2.27. The van der Waals surface area contributed by atoms with Crippen molar-refractivity contribution in [2.45, 2.75) is 29.8 Å². The molecule has 0 aromatic heterocycles. The summed E-state index contributed by atoms with van der Waals surface area (Å²) in [7, 11) is -1.62. The fraction of sp³-hybridized carbons (Fsp3) is 0.438. The third kappa shape index (κ3) is 3.55. The van der Waals surface area contributed by atoms with E-state index in [0.29, 0.717) is 19.4 Å². The first kappa shape index (κ1) is 17.5. The number of piperazine rings is 1. The molecular weight excluding hydrogens is 349 g/mol. The van der Waals surface area contributed by atoms with Crippen LogP contribution in [0.4, 0.5) is 4.39 Å². The summed E-state index contributed by atoms with van der Waals surface area (Å²) in [6.45, 7) is 0.326. The van der Waals surface area contributed by atoms with Gasteiger partial charge in [-0.1, -0.05) is 12.1 Å². The second kappa shape index (κ2) is 7.30. The van der Waals surface area contributed by atoms with Crippen LogP contribution in [0.2, 0.25) is 0 Å². The van der Waals surface area contributed by atoms with Crippen LogP contribution < -0.4 is 10.6 Å². The van der Waals surface area contributed by atoms with Gasteiger partial charge in [0.15, 0.2) is 0 Å². The molecule has 0 saturated carbocycles. The van der Waals surface area contributed by atoms with Crippen LogP contribution in [0.25, 0.3) is 0 Å². The zero-order valence-corrected chi connectivity index (χ0v) is 14.2. The largest absolute Gasteiger partial charge is 0.352 e. The van der Waals surface area contributed by atoms with Crippen LogP contribution in [0.3, 0.4) is 0 Å². The van der Waals surface area contributed by atoms with E-state index in [0.717, 1.165) is 0 Å². The number of fused-ring (bicyclic) bond motifs is 2. The summed E-state index contributed by atoms with van der Waals surface area (Å²) in [5.74, 6) is -2.40. The van der Waals surface area contributed by atoms with Crippen LogP contribution in [-0.4, -0.2) is 57.8 Å². The second-order valence-corrected chi connectivity index (χ2v) is 7.48. The fourth-order valence-electron chi connectivity index (χ4n) is 3.17. The Morgan fingerprint density at radius 3 is 2.84 bits per heavy atom. The van der Waals surface area contributed by atoms with Gasteiger partial charge in [0.1, 0.15) is 11.9 Å². The van der Waals surface area contributed by atoms with Crippen molar-refractivity contribution in [2.75, 3.05) is 18.8 Å². The molecule has 2 bridgehead atoms. The van der Waals surface area contributed by atoms with Crippen LogP contribution in [0.1, 0.15) is 12.8 Å². The lowest BCUT2D eigenvalue weighted by Gasteiger charge is -2.33. The van der Waals surface area contributed by atoms with E-state index in [9.17, 15) is 23.0 Å². The number of carbonyl (C=O) groups excluding carboxylic acids is 3. The predicted octanol–water partition coefficient (Wildman–Crippen LogP) is -0.461. The van der Waals surface area contributed by atoms with Crippen molar-refractivity contribution < 1.29 is 23.0 Å². The minimum Gasteiger partial charge on any atom is -0.352 e. The molecule has 2 aliphatic rings. The zero-order valence-electron chi connectivity index (χ0n) is 13.4. The Morgan fingerprint density at radius 2 is 2.08 bits per heavy atom. The van der Waals surface area contributed by atoms with Gasteiger partial charge in [0.05, 0.1) is 21.7 Å². The first-order chi connectivity index (χ1) is 12.0. The van der Waals surface area contributed by atoms with Crippen LogP contribution >= 0.6 is 0 Å².